The molecule has 180 valence electrons. The standard InChI is InChI=1S/C26H25ClN4O2S2/c27-22-20-7-6-18(17-4-2-1-3-5-17)14-21(20)35-23(22)25(32)31-15-19(16-31)29-9-11-30(12-10-29)26(33)24-28-8-13-34-24/h1-5,7-8,13-14,18-19H,6,9-12,15-16H2. The second-order valence-electron chi connectivity index (χ2n) is 9.18. The number of nitrogens with zero attached hydrogens (tertiary/aromatic N) is 4. The average molecular weight is 525 g/mol. The molecule has 6 rings (SSSR count). The molecular weight excluding hydrogens is 500 g/mol. The van der Waals surface area contributed by atoms with Crippen LogP contribution < -0.4 is 9.75 Å². The van der Waals surface area contributed by atoms with Crippen molar-refractivity contribution in [2.75, 3.05) is 39.3 Å². The smallest absolute Gasteiger partial charge is 0.282 e. The average Bonchev–Trinajstić information content (AvgIpc) is 3.52. The van der Waals surface area contributed by atoms with Gasteiger partial charge in [0.25, 0.3) is 11.8 Å². The SMILES string of the molecule is O=C(c1nccs1)N1CCN(C2CN(C(=O)c3sc4c(c3Cl)=CCC(c3ccccc3)C=4)C2)CC1. The summed E-state index contributed by atoms with van der Waals surface area (Å²) in [6.07, 6.45) is 6.99. The summed E-state index contributed by atoms with van der Waals surface area (Å²) in [5.41, 5.74) is 1.28. The highest BCUT2D eigenvalue weighted by Crippen LogP contribution is 2.27. The van der Waals surface area contributed by atoms with Crippen LogP contribution in [0.2, 0.25) is 5.02 Å². The van der Waals surface area contributed by atoms with Crippen molar-refractivity contribution in [3.05, 3.63) is 72.1 Å². The number of rotatable bonds is 4. The van der Waals surface area contributed by atoms with Gasteiger partial charge in [-0.3, -0.25) is 14.5 Å². The maximum Gasteiger partial charge on any atom is 0.282 e. The zero-order valence-electron chi connectivity index (χ0n) is 19.1. The van der Waals surface area contributed by atoms with Crippen molar-refractivity contribution in [1.82, 2.24) is 19.7 Å². The predicted octanol–water partition coefficient (Wildman–Crippen LogP) is 2.89. The summed E-state index contributed by atoms with van der Waals surface area (Å²) in [6.45, 7) is 4.45. The van der Waals surface area contributed by atoms with E-state index >= 15 is 0 Å². The summed E-state index contributed by atoms with van der Waals surface area (Å²) < 4.78 is 1.09. The Kier molecular flexibility index (Phi) is 6.22. The van der Waals surface area contributed by atoms with Gasteiger partial charge in [0.05, 0.1) is 5.02 Å². The number of carbonyl (C=O) groups is 2. The number of thiazole rings is 1. The zero-order chi connectivity index (χ0) is 23.9. The summed E-state index contributed by atoms with van der Waals surface area (Å²) in [4.78, 5) is 36.7. The first-order valence-electron chi connectivity index (χ1n) is 11.9. The first-order valence-corrected chi connectivity index (χ1v) is 13.9. The number of fused-ring (bicyclic) bond motifs is 1. The van der Waals surface area contributed by atoms with Gasteiger partial charge in [-0.05, 0) is 12.0 Å². The van der Waals surface area contributed by atoms with E-state index < -0.39 is 0 Å². The molecule has 0 saturated carbocycles. The van der Waals surface area contributed by atoms with Gasteiger partial charge in [0.2, 0.25) is 0 Å². The van der Waals surface area contributed by atoms with Crippen molar-refractivity contribution >= 4 is 58.2 Å². The van der Waals surface area contributed by atoms with Gasteiger partial charge >= 0.3 is 0 Å². The summed E-state index contributed by atoms with van der Waals surface area (Å²) in [6, 6.07) is 10.8. The Morgan fingerprint density at radius 1 is 1.00 bits per heavy atom. The van der Waals surface area contributed by atoms with E-state index in [0.717, 1.165) is 29.3 Å². The van der Waals surface area contributed by atoms with Gasteiger partial charge in [-0.2, -0.15) is 0 Å². The highest BCUT2D eigenvalue weighted by atomic mass is 35.5. The first kappa shape index (κ1) is 22.9. The molecule has 1 unspecified atom stereocenters. The van der Waals surface area contributed by atoms with Crippen LogP contribution in [0.1, 0.15) is 37.4 Å². The number of aromatic nitrogens is 1. The van der Waals surface area contributed by atoms with E-state index in [1.165, 1.54) is 28.2 Å². The minimum absolute atomic E-state index is 0.0180. The molecule has 1 aromatic carbocycles. The molecular formula is C26H25ClN4O2S2. The Morgan fingerprint density at radius 3 is 2.49 bits per heavy atom. The van der Waals surface area contributed by atoms with Crippen LogP contribution in [0.4, 0.5) is 0 Å². The second kappa shape index (κ2) is 9.50. The molecule has 1 atom stereocenters. The van der Waals surface area contributed by atoms with Crippen molar-refractivity contribution < 1.29 is 9.59 Å². The largest absolute Gasteiger partial charge is 0.335 e. The Balaban J connectivity index is 1.08. The molecule has 2 aromatic heterocycles. The molecule has 0 radical (unpaired) electrons. The highest BCUT2D eigenvalue weighted by molar-refractivity contribution is 7.12. The molecule has 0 spiro atoms. The van der Waals surface area contributed by atoms with E-state index in [-0.39, 0.29) is 11.8 Å². The van der Waals surface area contributed by atoms with Gasteiger partial charge in [-0.15, -0.1) is 22.7 Å². The third kappa shape index (κ3) is 4.33. The lowest BCUT2D eigenvalue weighted by Crippen LogP contribution is -2.64. The molecule has 0 bridgehead atoms. The van der Waals surface area contributed by atoms with Crippen molar-refractivity contribution in [3.63, 3.8) is 0 Å². The highest BCUT2D eigenvalue weighted by Gasteiger charge is 2.38. The number of amides is 2. The monoisotopic (exact) mass is 524 g/mol. The number of hydrogen-bond acceptors (Lipinski definition) is 6. The minimum Gasteiger partial charge on any atom is -0.335 e. The minimum atomic E-state index is 0.0180. The normalized spacial score (nSPS) is 20.5. The molecule has 2 aliphatic heterocycles. The molecule has 3 aliphatic rings. The van der Waals surface area contributed by atoms with Crippen LogP contribution in [0.25, 0.3) is 12.2 Å². The lowest BCUT2D eigenvalue weighted by molar-refractivity contribution is 0.00879. The number of thiophene rings is 1. The lowest BCUT2D eigenvalue weighted by Gasteiger charge is -2.48. The number of hydrogen-bond donors (Lipinski definition) is 0. The number of piperazine rings is 1. The Labute approximate surface area is 216 Å². The van der Waals surface area contributed by atoms with E-state index in [4.69, 9.17) is 11.6 Å². The van der Waals surface area contributed by atoms with Crippen LogP contribution in [-0.2, 0) is 0 Å². The van der Waals surface area contributed by atoms with Gasteiger partial charge in [-0.25, -0.2) is 4.98 Å². The van der Waals surface area contributed by atoms with Gasteiger partial charge in [-0.1, -0.05) is 54.1 Å². The van der Waals surface area contributed by atoms with Crippen LogP contribution in [-0.4, -0.2) is 76.8 Å². The molecule has 3 aromatic rings. The molecule has 2 amide bonds. The fourth-order valence-electron chi connectivity index (χ4n) is 5.07. The zero-order valence-corrected chi connectivity index (χ0v) is 21.5. The third-order valence-corrected chi connectivity index (χ3v) is 9.57. The maximum atomic E-state index is 13.3. The quantitative estimate of drug-likeness (QED) is 0.526. The Hall–Kier alpha value is -2.52. The summed E-state index contributed by atoms with van der Waals surface area (Å²) in [5, 5.41) is 3.98. The molecule has 35 heavy (non-hydrogen) atoms. The fraction of sp³-hybridized carbons (Fsp3) is 0.346. The van der Waals surface area contributed by atoms with Gasteiger partial charge in [0, 0.05) is 72.6 Å². The topological polar surface area (TPSA) is 56.8 Å². The molecule has 2 saturated heterocycles. The molecule has 9 heteroatoms. The van der Waals surface area contributed by atoms with Crippen LogP contribution in [0.15, 0.2) is 41.9 Å². The molecule has 6 nitrogen and oxygen atoms in total. The van der Waals surface area contributed by atoms with Crippen molar-refractivity contribution in [3.8, 4) is 0 Å². The van der Waals surface area contributed by atoms with Crippen LogP contribution in [0.5, 0.6) is 0 Å². The maximum absolute atomic E-state index is 13.3. The third-order valence-electron chi connectivity index (χ3n) is 7.15. The second-order valence-corrected chi connectivity index (χ2v) is 11.5. The first-order chi connectivity index (χ1) is 17.1. The Bertz CT molecular complexity index is 1360. The van der Waals surface area contributed by atoms with E-state index in [9.17, 15) is 9.59 Å². The Morgan fingerprint density at radius 2 is 1.77 bits per heavy atom. The van der Waals surface area contributed by atoms with Crippen LogP contribution in [0, 0.1) is 0 Å². The van der Waals surface area contributed by atoms with E-state index in [2.05, 4.69) is 46.3 Å². The van der Waals surface area contributed by atoms with Gasteiger partial charge in [0.1, 0.15) is 4.88 Å². The predicted molar refractivity (Wildman–Crippen MR) is 141 cm³/mol. The van der Waals surface area contributed by atoms with E-state index in [0.29, 0.717) is 53.0 Å². The number of benzene rings is 1. The molecule has 2 fully saturated rings. The molecule has 4 heterocycles. The molecule has 1 aliphatic carbocycles. The number of likely N-dealkylation sites (tertiary alicyclic amines) is 1. The van der Waals surface area contributed by atoms with E-state index in [1.807, 2.05) is 21.2 Å². The summed E-state index contributed by atoms with van der Waals surface area (Å²) in [5.74, 6) is 0.363. The molecule has 0 N–H and O–H groups in total. The van der Waals surface area contributed by atoms with Gasteiger partial charge in [0.15, 0.2) is 5.01 Å². The number of carbonyl (C=O) groups excluding carboxylic acids is 2. The fourth-order valence-corrected chi connectivity index (χ4v) is 7.27. The van der Waals surface area contributed by atoms with E-state index in [1.54, 1.807) is 6.20 Å². The van der Waals surface area contributed by atoms with Crippen molar-refractivity contribution in [2.45, 2.75) is 18.4 Å². The lowest BCUT2D eigenvalue weighted by atomic mass is 9.93. The summed E-state index contributed by atoms with van der Waals surface area (Å²) in [7, 11) is 0. The van der Waals surface area contributed by atoms with Crippen molar-refractivity contribution in [2.24, 2.45) is 0 Å². The van der Waals surface area contributed by atoms with Gasteiger partial charge < -0.3 is 9.80 Å². The van der Waals surface area contributed by atoms with Crippen LogP contribution in [0.3, 0.4) is 0 Å². The summed E-state index contributed by atoms with van der Waals surface area (Å²) >= 11 is 9.59. The number of halogens is 1. The van der Waals surface area contributed by atoms with Crippen LogP contribution >= 0.6 is 34.3 Å². The van der Waals surface area contributed by atoms with Crippen molar-refractivity contribution in [1.29, 1.82) is 0 Å².